The Morgan fingerprint density at radius 3 is 2.64 bits per heavy atom. The van der Waals surface area contributed by atoms with E-state index in [9.17, 15) is 4.79 Å². The molecule has 1 aromatic carbocycles. The van der Waals surface area contributed by atoms with Gasteiger partial charge < -0.3 is 10.1 Å². The van der Waals surface area contributed by atoms with Crippen molar-refractivity contribution in [3.05, 3.63) is 52.3 Å². The lowest BCUT2D eigenvalue weighted by atomic mass is 9.99. The van der Waals surface area contributed by atoms with E-state index in [0.29, 0.717) is 12.8 Å². The molecule has 0 aliphatic rings. The molecule has 0 saturated heterocycles. The maximum absolute atomic E-state index is 12.6. The zero-order valence-corrected chi connectivity index (χ0v) is 17.5. The molecule has 2 aromatic heterocycles. The van der Waals surface area contributed by atoms with Gasteiger partial charge in [-0.3, -0.25) is 9.48 Å². The SMILES string of the molecule is COc1ccccc1[C@H](C)NC(=O)CCc1c(C)nc2c(c(C)nn2C)c1C. The Hall–Kier alpha value is -2.89. The van der Waals surface area contributed by atoms with Crippen molar-refractivity contribution in [1.29, 1.82) is 0 Å². The molecule has 1 amide bonds. The van der Waals surface area contributed by atoms with Gasteiger partial charge in [0.2, 0.25) is 5.91 Å². The van der Waals surface area contributed by atoms with Crippen LogP contribution >= 0.6 is 0 Å². The molecule has 0 unspecified atom stereocenters. The van der Waals surface area contributed by atoms with Crippen LogP contribution in [0.5, 0.6) is 5.75 Å². The van der Waals surface area contributed by atoms with Gasteiger partial charge in [-0.15, -0.1) is 0 Å². The van der Waals surface area contributed by atoms with E-state index in [4.69, 9.17) is 9.72 Å². The fourth-order valence-electron chi connectivity index (χ4n) is 3.88. The maximum atomic E-state index is 12.6. The lowest BCUT2D eigenvalue weighted by Gasteiger charge is -2.17. The van der Waals surface area contributed by atoms with Crippen molar-refractivity contribution < 1.29 is 9.53 Å². The summed E-state index contributed by atoms with van der Waals surface area (Å²) in [6.07, 6.45) is 1.06. The fraction of sp³-hybridized carbons (Fsp3) is 0.409. The molecule has 0 saturated carbocycles. The van der Waals surface area contributed by atoms with E-state index < -0.39 is 0 Å². The van der Waals surface area contributed by atoms with E-state index in [0.717, 1.165) is 39.3 Å². The number of benzene rings is 1. The Morgan fingerprint density at radius 2 is 1.93 bits per heavy atom. The van der Waals surface area contributed by atoms with E-state index in [2.05, 4.69) is 17.3 Å². The number of methoxy groups -OCH3 is 1. The standard InChI is InChI=1S/C22H28N4O2/c1-13-17(14(2)24-22-21(13)16(4)25-26(22)5)11-12-20(27)23-15(3)18-9-7-8-10-19(18)28-6/h7-10,15H,11-12H2,1-6H3,(H,23,27)/t15-/m0/s1. The van der Waals surface area contributed by atoms with Crippen LogP contribution in [0.1, 0.15) is 47.5 Å². The second-order valence-electron chi connectivity index (χ2n) is 7.24. The topological polar surface area (TPSA) is 69.0 Å². The first-order valence-electron chi connectivity index (χ1n) is 9.55. The molecule has 2 heterocycles. The third-order valence-electron chi connectivity index (χ3n) is 5.31. The van der Waals surface area contributed by atoms with Gasteiger partial charge in [-0.25, -0.2) is 4.98 Å². The van der Waals surface area contributed by atoms with Crippen molar-refractivity contribution in [3.63, 3.8) is 0 Å². The Kier molecular flexibility index (Phi) is 5.68. The molecule has 3 aromatic rings. The number of rotatable bonds is 6. The summed E-state index contributed by atoms with van der Waals surface area (Å²) in [4.78, 5) is 17.3. The molecule has 6 heteroatoms. The number of amides is 1. The minimum atomic E-state index is -0.119. The van der Waals surface area contributed by atoms with E-state index >= 15 is 0 Å². The number of nitrogens with zero attached hydrogens (tertiary/aromatic N) is 3. The molecule has 0 radical (unpaired) electrons. The monoisotopic (exact) mass is 380 g/mol. The number of carbonyl (C=O) groups is 1. The average Bonchev–Trinajstić information content (AvgIpc) is 2.94. The highest BCUT2D eigenvalue weighted by Gasteiger charge is 2.17. The molecule has 0 bridgehead atoms. The third kappa shape index (κ3) is 3.72. The number of hydrogen-bond donors (Lipinski definition) is 1. The van der Waals surface area contributed by atoms with Crippen LogP contribution in [-0.4, -0.2) is 27.8 Å². The Bertz CT molecular complexity index is 1020. The summed E-state index contributed by atoms with van der Waals surface area (Å²) < 4.78 is 7.21. The van der Waals surface area contributed by atoms with Gasteiger partial charge in [-0.05, 0) is 51.3 Å². The van der Waals surface area contributed by atoms with Gasteiger partial charge in [0.05, 0.1) is 18.8 Å². The number of aryl methyl sites for hydroxylation is 4. The highest BCUT2D eigenvalue weighted by Crippen LogP contribution is 2.27. The lowest BCUT2D eigenvalue weighted by Crippen LogP contribution is -2.27. The van der Waals surface area contributed by atoms with Crippen LogP contribution in [0.25, 0.3) is 11.0 Å². The van der Waals surface area contributed by atoms with Crippen LogP contribution in [0.3, 0.4) is 0 Å². The number of para-hydroxylation sites is 1. The van der Waals surface area contributed by atoms with Crippen LogP contribution in [0, 0.1) is 20.8 Å². The minimum Gasteiger partial charge on any atom is -0.496 e. The van der Waals surface area contributed by atoms with Crippen molar-refractivity contribution in [1.82, 2.24) is 20.1 Å². The van der Waals surface area contributed by atoms with E-state index in [1.807, 2.05) is 56.8 Å². The molecule has 0 fully saturated rings. The normalized spacial score (nSPS) is 12.2. The summed E-state index contributed by atoms with van der Waals surface area (Å²) in [5.41, 5.74) is 6.09. The predicted molar refractivity (Wildman–Crippen MR) is 111 cm³/mol. The number of ether oxygens (including phenoxy) is 1. The number of pyridine rings is 1. The largest absolute Gasteiger partial charge is 0.496 e. The van der Waals surface area contributed by atoms with E-state index in [1.165, 1.54) is 5.56 Å². The van der Waals surface area contributed by atoms with Crippen LogP contribution in [0.2, 0.25) is 0 Å². The molecular formula is C22H28N4O2. The Morgan fingerprint density at radius 1 is 1.21 bits per heavy atom. The van der Waals surface area contributed by atoms with Gasteiger partial charge in [-0.2, -0.15) is 5.10 Å². The Labute approximate surface area is 165 Å². The number of hydrogen-bond acceptors (Lipinski definition) is 4. The summed E-state index contributed by atoms with van der Waals surface area (Å²) in [7, 11) is 3.55. The molecule has 148 valence electrons. The van der Waals surface area contributed by atoms with E-state index in [1.54, 1.807) is 7.11 Å². The molecule has 1 atom stereocenters. The van der Waals surface area contributed by atoms with Gasteiger partial charge in [0.25, 0.3) is 0 Å². The molecule has 1 N–H and O–H groups in total. The van der Waals surface area contributed by atoms with Gasteiger partial charge in [0, 0.05) is 30.1 Å². The van der Waals surface area contributed by atoms with Gasteiger partial charge in [0.15, 0.2) is 5.65 Å². The number of nitrogens with one attached hydrogen (secondary N) is 1. The Balaban J connectivity index is 1.73. The van der Waals surface area contributed by atoms with Crippen LogP contribution < -0.4 is 10.1 Å². The third-order valence-corrected chi connectivity index (χ3v) is 5.31. The average molecular weight is 380 g/mol. The zero-order chi connectivity index (χ0) is 20.4. The lowest BCUT2D eigenvalue weighted by molar-refractivity contribution is -0.121. The first-order valence-corrected chi connectivity index (χ1v) is 9.55. The maximum Gasteiger partial charge on any atom is 0.220 e. The summed E-state index contributed by atoms with van der Waals surface area (Å²) in [5, 5.41) is 8.65. The second-order valence-corrected chi connectivity index (χ2v) is 7.24. The van der Waals surface area contributed by atoms with E-state index in [-0.39, 0.29) is 11.9 Å². The number of fused-ring (bicyclic) bond motifs is 1. The number of carbonyl (C=O) groups excluding carboxylic acids is 1. The molecule has 3 rings (SSSR count). The molecule has 0 aliphatic carbocycles. The molecular weight excluding hydrogens is 352 g/mol. The summed E-state index contributed by atoms with van der Waals surface area (Å²) >= 11 is 0. The van der Waals surface area contributed by atoms with Crippen molar-refractivity contribution in [2.24, 2.45) is 7.05 Å². The molecule has 0 aliphatic heterocycles. The molecule has 28 heavy (non-hydrogen) atoms. The van der Waals surface area contributed by atoms with Crippen LogP contribution in [0.4, 0.5) is 0 Å². The molecule has 0 spiro atoms. The van der Waals surface area contributed by atoms with Crippen molar-refractivity contribution >= 4 is 16.9 Å². The van der Waals surface area contributed by atoms with Crippen molar-refractivity contribution in [3.8, 4) is 5.75 Å². The summed E-state index contributed by atoms with van der Waals surface area (Å²) in [6, 6.07) is 7.63. The first kappa shape index (κ1) is 19.9. The van der Waals surface area contributed by atoms with Crippen LogP contribution in [0.15, 0.2) is 24.3 Å². The molecule has 6 nitrogen and oxygen atoms in total. The van der Waals surface area contributed by atoms with Crippen LogP contribution in [-0.2, 0) is 18.3 Å². The minimum absolute atomic E-state index is 0.0141. The smallest absolute Gasteiger partial charge is 0.220 e. The summed E-state index contributed by atoms with van der Waals surface area (Å²) in [6.45, 7) is 8.06. The van der Waals surface area contributed by atoms with Crippen molar-refractivity contribution in [2.75, 3.05) is 7.11 Å². The number of aromatic nitrogens is 3. The zero-order valence-electron chi connectivity index (χ0n) is 17.5. The quantitative estimate of drug-likeness (QED) is 0.708. The van der Waals surface area contributed by atoms with Gasteiger partial charge in [-0.1, -0.05) is 18.2 Å². The fourth-order valence-corrected chi connectivity index (χ4v) is 3.88. The predicted octanol–water partition coefficient (Wildman–Crippen LogP) is 3.71. The van der Waals surface area contributed by atoms with Gasteiger partial charge >= 0.3 is 0 Å². The highest BCUT2D eigenvalue weighted by molar-refractivity contribution is 5.84. The van der Waals surface area contributed by atoms with Crippen molar-refractivity contribution in [2.45, 2.75) is 46.6 Å². The highest BCUT2D eigenvalue weighted by atomic mass is 16.5. The first-order chi connectivity index (χ1) is 13.3. The summed E-state index contributed by atoms with van der Waals surface area (Å²) in [5.74, 6) is 0.795. The van der Waals surface area contributed by atoms with Gasteiger partial charge in [0.1, 0.15) is 5.75 Å². The second kappa shape index (κ2) is 8.00.